The Hall–Kier alpha value is -0.540. The summed E-state index contributed by atoms with van der Waals surface area (Å²) in [6.45, 7) is 2.71. The van der Waals surface area contributed by atoms with E-state index in [-0.39, 0.29) is 5.28 Å². The van der Waals surface area contributed by atoms with Gasteiger partial charge in [-0.3, -0.25) is 0 Å². The number of hydrogen-bond acceptors (Lipinski definition) is 3. The van der Waals surface area contributed by atoms with Crippen LogP contribution in [0.25, 0.3) is 0 Å². The molecule has 0 atom stereocenters. The van der Waals surface area contributed by atoms with E-state index >= 15 is 0 Å². The predicted molar refractivity (Wildman–Crippen MR) is 46.2 cm³/mol. The molecule has 0 aliphatic heterocycles. The predicted octanol–water partition coefficient (Wildman–Crippen LogP) is 2.22. The minimum Gasteiger partial charge on any atom is -0.369 e. The van der Waals surface area contributed by atoms with Crippen LogP contribution in [0, 0.1) is 0 Å². The molecule has 1 aromatic rings. The number of halogens is 2. The van der Waals surface area contributed by atoms with Gasteiger partial charge in [-0.1, -0.05) is 11.6 Å². The van der Waals surface area contributed by atoms with Gasteiger partial charge in [0.25, 0.3) is 0 Å². The molecule has 0 amide bonds. The first kappa shape index (κ1) is 8.56. The number of anilines is 1. The topological polar surface area (TPSA) is 37.8 Å². The number of hydrogen-bond donors (Lipinski definition) is 1. The molecule has 1 heterocycles. The zero-order chi connectivity index (χ0) is 8.27. The number of nitrogens with one attached hydrogen (secondary N) is 1. The second-order valence-corrected chi connectivity index (χ2v) is 2.61. The van der Waals surface area contributed by atoms with Crippen LogP contribution in [0.4, 0.5) is 5.82 Å². The van der Waals surface area contributed by atoms with Crippen LogP contribution >= 0.6 is 23.2 Å². The summed E-state index contributed by atoms with van der Waals surface area (Å²) in [5.41, 5.74) is 0. The summed E-state index contributed by atoms with van der Waals surface area (Å²) in [7, 11) is 0. The van der Waals surface area contributed by atoms with Gasteiger partial charge in [-0.15, -0.1) is 0 Å². The highest BCUT2D eigenvalue weighted by atomic mass is 35.5. The largest absolute Gasteiger partial charge is 0.369 e. The molecule has 0 aliphatic carbocycles. The molecule has 0 aromatic carbocycles. The molecule has 0 bridgehead atoms. The lowest BCUT2D eigenvalue weighted by molar-refractivity contribution is 1.11. The highest BCUT2D eigenvalue weighted by Gasteiger charge is 2.00. The molecule has 1 N–H and O–H groups in total. The third kappa shape index (κ3) is 2.20. The first-order valence-electron chi connectivity index (χ1n) is 3.16. The fourth-order valence-corrected chi connectivity index (χ4v) is 0.928. The Kier molecular flexibility index (Phi) is 2.91. The van der Waals surface area contributed by atoms with Crippen molar-refractivity contribution in [3.63, 3.8) is 0 Å². The van der Waals surface area contributed by atoms with Gasteiger partial charge in [0.15, 0.2) is 0 Å². The molecule has 5 heteroatoms. The first-order valence-corrected chi connectivity index (χ1v) is 3.91. The molecular formula is C6H7Cl2N3. The van der Waals surface area contributed by atoms with Crippen molar-refractivity contribution in [2.24, 2.45) is 0 Å². The number of rotatable bonds is 2. The van der Waals surface area contributed by atoms with Crippen LogP contribution in [0.5, 0.6) is 0 Å². The van der Waals surface area contributed by atoms with Crippen molar-refractivity contribution < 1.29 is 0 Å². The third-order valence-electron chi connectivity index (χ3n) is 1.06. The first-order chi connectivity index (χ1) is 5.24. The van der Waals surface area contributed by atoms with Crippen LogP contribution in [0.3, 0.4) is 0 Å². The molecule has 3 nitrogen and oxygen atoms in total. The minimum absolute atomic E-state index is 0.199. The fraction of sp³-hybridized carbons (Fsp3) is 0.333. The molecular weight excluding hydrogens is 185 g/mol. The molecule has 0 radical (unpaired) electrons. The lowest BCUT2D eigenvalue weighted by Gasteiger charge is -2.02. The van der Waals surface area contributed by atoms with Crippen molar-refractivity contribution >= 4 is 29.0 Å². The summed E-state index contributed by atoms with van der Waals surface area (Å²) in [5.74, 6) is 0.578. The van der Waals surface area contributed by atoms with Gasteiger partial charge in [0.2, 0.25) is 5.28 Å². The zero-order valence-electron chi connectivity index (χ0n) is 5.93. The fourth-order valence-electron chi connectivity index (χ4n) is 0.637. The maximum Gasteiger partial charge on any atom is 0.224 e. The Labute approximate surface area is 74.8 Å². The number of nitrogens with zero attached hydrogens (tertiary/aromatic N) is 2. The molecule has 0 spiro atoms. The van der Waals surface area contributed by atoms with E-state index in [2.05, 4.69) is 15.3 Å². The molecule has 0 fully saturated rings. The maximum atomic E-state index is 5.73. The maximum absolute atomic E-state index is 5.73. The van der Waals surface area contributed by atoms with E-state index in [9.17, 15) is 0 Å². The van der Waals surface area contributed by atoms with Crippen LogP contribution in [0.1, 0.15) is 6.92 Å². The highest BCUT2D eigenvalue weighted by molar-refractivity contribution is 6.33. The monoisotopic (exact) mass is 191 g/mol. The van der Waals surface area contributed by atoms with E-state index in [1.165, 1.54) is 6.20 Å². The van der Waals surface area contributed by atoms with Gasteiger partial charge < -0.3 is 5.32 Å². The molecule has 1 rings (SSSR count). The summed E-state index contributed by atoms with van der Waals surface area (Å²) in [4.78, 5) is 7.58. The summed E-state index contributed by atoms with van der Waals surface area (Å²) < 4.78 is 0. The second-order valence-electron chi connectivity index (χ2n) is 1.87. The Morgan fingerprint density at radius 3 is 2.91 bits per heavy atom. The van der Waals surface area contributed by atoms with Crippen LogP contribution in [0.15, 0.2) is 6.20 Å². The molecule has 60 valence electrons. The Bertz CT molecular complexity index is 252. The zero-order valence-corrected chi connectivity index (χ0v) is 7.45. The Morgan fingerprint density at radius 1 is 1.55 bits per heavy atom. The van der Waals surface area contributed by atoms with Crippen molar-refractivity contribution in [1.82, 2.24) is 9.97 Å². The van der Waals surface area contributed by atoms with Crippen LogP contribution < -0.4 is 5.32 Å². The number of aromatic nitrogens is 2. The van der Waals surface area contributed by atoms with Crippen molar-refractivity contribution in [3.05, 3.63) is 16.5 Å². The van der Waals surface area contributed by atoms with E-state index in [1.54, 1.807) is 0 Å². The SMILES string of the molecule is CCNc1nc(Cl)ncc1Cl. The van der Waals surface area contributed by atoms with Gasteiger partial charge in [-0.25, -0.2) is 4.98 Å². The van der Waals surface area contributed by atoms with Gasteiger partial charge in [-0.2, -0.15) is 4.98 Å². The normalized spacial score (nSPS) is 9.73. The van der Waals surface area contributed by atoms with Gasteiger partial charge in [0.05, 0.1) is 6.20 Å². The van der Waals surface area contributed by atoms with E-state index in [0.717, 1.165) is 6.54 Å². The highest BCUT2D eigenvalue weighted by Crippen LogP contribution is 2.18. The van der Waals surface area contributed by atoms with Crippen molar-refractivity contribution in [2.75, 3.05) is 11.9 Å². The standard InChI is InChI=1S/C6H7Cl2N3/c1-2-9-5-4(7)3-10-6(8)11-5/h3H,2H2,1H3,(H,9,10,11). The minimum atomic E-state index is 0.199. The van der Waals surface area contributed by atoms with E-state index in [0.29, 0.717) is 10.8 Å². The summed E-state index contributed by atoms with van der Waals surface area (Å²) in [5, 5.41) is 3.63. The van der Waals surface area contributed by atoms with Crippen LogP contribution in [-0.2, 0) is 0 Å². The van der Waals surface area contributed by atoms with Crippen LogP contribution in [0.2, 0.25) is 10.3 Å². The van der Waals surface area contributed by atoms with E-state index in [4.69, 9.17) is 23.2 Å². The van der Waals surface area contributed by atoms with E-state index in [1.807, 2.05) is 6.92 Å². The molecule has 0 aliphatic rings. The average Bonchev–Trinajstić information content (AvgIpc) is 1.98. The summed E-state index contributed by atoms with van der Waals surface area (Å²) in [6.07, 6.45) is 1.47. The van der Waals surface area contributed by atoms with Gasteiger partial charge in [0, 0.05) is 6.54 Å². The molecule has 0 unspecified atom stereocenters. The molecule has 0 saturated carbocycles. The Balaban J connectivity index is 2.93. The quantitative estimate of drug-likeness (QED) is 0.730. The van der Waals surface area contributed by atoms with Crippen molar-refractivity contribution in [3.8, 4) is 0 Å². The van der Waals surface area contributed by atoms with Crippen molar-refractivity contribution in [1.29, 1.82) is 0 Å². The lowest BCUT2D eigenvalue weighted by atomic mass is 10.5. The molecule has 11 heavy (non-hydrogen) atoms. The summed E-state index contributed by atoms with van der Waals surface area (Å²) >= 11 is 11.3. The Morgan fingerprint density at radius 2 is 2.27 bits per heavy atom. The van der Waals surface area contributed by atoms with Crippen LogP contribution in [-0.4, -0.2) is 16.5 Å². The molecule has 1 aromatic heterocycles. The van der Waals surface area contributed by atoms with Gasteiger partial charge in [-0.05, 0) is 18.5 Å². The van der Waals surface area contributed by atoms with E-state index < -0.39 is 0 Å². The average molecular weight is 192 g/mol. The third-order valence-corrected chi connectivity index (χ3v) is 1.52. The lowest BCUT2D eigenvalue weighted by Crippen LogP contribution is -2.00. The van der Waals surface area contributed by atoms with Crippen molar-refractivity contribution in [2.45, 2.75) is 6.92 Å². The smallest absolute Gasteiger partial charge is 0.224 e. The summed E-state index contributed by atoms with van der Waals surface area (Å²) in [6, 6.07) is 0. The second kappa shape index (κ2) is 3.74. The van der Waals surface area contributed by atoms with Gasteiger partial charge in [0.1, 0.15) is 10.8 Å². The molecule has 0 saturated heterocycles. The van der Waals surface area contributed by atoms with Gasteiger partial charge >= 0.3 is 0 Å².